The average molecular weight is 468 g/mol. The molecule has 0 aliphatic heterocycles. The van der Waals surface area contributed by atoms with Crippen LogP contribution in [0.4, 0.5) is 32.2 Å². The highest BCUT2D eigenvalue weighted by Gasteiger charge is 2.41. The fourth-order valence-corrected chi connectivity index (χ4v) is 3.30. The largest absolute Gasteiger partial charge is 0.483 e. The Kier molecular flexibility index (Phi) is 6.66. The summed E-state index contributed by atoms with van der Waals surface area (Å²) in [5.41, 5.74) is -6.67. The fraction of sp³-hybridized carbons (Fsp3) is 0.286. The molecule has 0 N–H and O–H groups in total. The lowest BCUT2D eigenvalue weighted by molar-refractivity contribution is -0.137. The molecule has 0 fully saturated rings. The molecule has 14 heteroatoms. The second-order valence-corrected chi connectivity index (χ2v) is 7.19. The van der Waals surface area contributed by atoms with Crippen molar-refractivity contribution in [2.75, 3.05) is 6.61 Å². The summed E-state index contributed by atoms with van der Waals surface area (Å²) in [6.45, 7) is 1.69. The molecule has 0 saturated carbocycles. The van der Waals surface area contributed by atoms with Gasteiger partial charge in [0.25, 0.3) is 0 Å². The number of nitrogens with zero attached hydrogens (tertiary/aromatic N) is 3. The smallest absolute Gasteiger partial charge is 0.476 e. The van der Waals surface area contributed by atoms with Crippen molar-refractivity contribution in [2.45, 2.75) is 23.5 Å². The number of alkyl halides is 6. The Morgan fingerprint density at radius 1 is 1.21 bits per heavy atom. The molecule has 1 atom stereocenters. The molecule has 5 nitrogen and oxygen atoms in total. The van der Waals surface area contributed by atoms with Crippen molar-refractivity contribution in [1.82, 2.24) is 9.78 Å². The lowest BCUT2D eigenvalue weighted by Crippen LogP contribution is -2.16. The Labute approximate surface area is 166 Å². The molecule has 0 aliphatic carbocycles. The molecule has 2 aromatic rings. The van der Waals surface area contributed by atoms with E-state index in [1.165, 1.54) is 0 Å². The van der Waals surface area contributed by atoms with Crippen molar-refractivity contribution in [3.63, 3.8) is 0 Å². The van der Waals surface area contributed by atoms with Crippen LogP contribution in [0.3, 0.4) is 0 Å². The number of hydrogen-bond donors (Lipinski definition) is 0. The molecule has 1 aromatic heterocycles. The van der Waals surface area contributed by atoms with Crippen LogP contribution in [0.1, 0.15) is 12.5 Å². The average Bonchev–Trinajstić information content (AvgIpc) is 2.95. The molecule has 0 aliphatic rings. The summed E-state index contributed by atoms with van der Waals surface area (Å²) in [4.78, 5) is 2.79. The maximum absolute atomic E-state index is 12.9. The molecule has 0 amide bonds. The molecule has 1 heterocycles. The van der Waals surface area contributed by atoms with Gasteiger partial charge in [-0.15, -0.1) is 0 Å². The normalized spacial score (nSPS) is 13.9. The number of halogens is 8. The van der Waals surface area contributed by atoms with E-state index < -0.39 is 48.8 Å². The molecule has 0 bridgehead atoms. The van der Waals surface area contributed by atoms with Crippen LogP contribution in [0.5, 0.6) is 0 Å². The zero-order valence-electron chi connectivity index (χ0n) is 13.6. The standard InChI is InChI=1S/C14H9Cl2F6N3O2S/c1-2-27-6-23-12-10(28(26)14(20,21)22)5-24-25(12)11-8(15)3-7(4-9(11)16)13(17,18)19/h3-6H,2H2,1H3. The summed E-state index contributed by atoms with van der Waals surface area (Å²) >= 11 is 11.7. The van der Waals surface area contributed by atoms with E-state index in [1.807, 2.05) is 0 Å². The third kappa shape index (κ3) is 4.78. The van der Waals surface area contributed by atoms with Gasteiger partial charge in [-0.05, 0) is 19.1 Å². The van der Waals surface area contributed by atoms with Crippen LogP contribution in [0.2, 0.25) is 10.0 Å². The van der Waals surface area contributed by atoms with Crippen LogP contribution >= 0.6 is 23.2 Å². The van der Waals surface area contributed by atoms with Gasteiger partial charge < -0.3 is 4.74 Å². The van der Waals surface area contributed by atoms with Crippen LogP contribution in [0.15, 0.2) is 28.2 Å². The van der Waals surface area contributed by atoms with Crippen molar-refractivity contribution in [2.24, 2.45) is 4.99 Å². The molecule has 2 rings (SSSR count). The van der Waals surface area contributed by atoms with Crippen LogP contribution < -0.4 is 0 Å². The number of hydrogen-bond acceptors (Lipinski definition) is 4. The maximum Gasteiger partial charge on any atom is 0.476 e. The van der Waals surface area contributed by atoms with Gasteiger partial charge in [0.2, 0.25) is 0 Å². The highest BCUT2D eigenvalue weighted by molar-refractivity contribution is 7.86. The fourth-order valence-electron chi connectivity index (χ4n) is 1.96. The summed E-state index contributed by atoms with van der Waals surface area (Å²) in [7, 11) is -3.52. The monoisotopic (exact) mass is 467 g/mol. The summed E-state index contributed by atoms with van der Waals surface area (Å²) in [6.07, 6.45) is -3.38. The molecule has 154 valence electrons. The van der Waals surface area contributed by atoms with Crippen molar-refractivity contribution in [3.8, 4) is 5.69 Å². The van der Waals surface area contributed by atoms with Gasteiger partial charge in [0, 0.05) is 0 Å². The first-order valence-corrected chi connectivity index (χ1v) is 9.05. The van der Waals surface area contributed by atoms with Gasteiger partial charge in [0.05, 0.1) is 28.4 Å². The van der Waals surface area contributed by atoms with Gasteiger partial charge >= 0.3 is 11.7 Å². The van der Waals surface area contributed by atoms with Gasteiger partial charge in [0.1, 0.15) is 10.6 Å². The topological polar surface area (TPSA) is 56.5 Å². The van der Waals surface area contributed by atoms with E-state index in [0.29, 0.717) is 23.0 Å². The Hall–Kier alpha value is -1.79. The van der Waals surface area contributed by atoms with E-state index in [0.717, 1.165) is 6.40 Å². The van der Waals surface area contributed by atoms with E-state index >= 15 is 0 Å². The molecular weight excluding hydrogens is 459 g/mol. The van der Waals surface area contributed by atoms with Crippen LogP contribution in [0, 0.1) is 0 Å². The molecule has 1 unspecified atom stereocenters. The predicted octanol–water partition coefficient (Wildman–Crippen LogP) is 5.52. The first-order chi connectivity index (χ1) is 12.9. The molecule has 28 heavy (non-hydrogen) atoms. The van der Waals surface area contributed by atoms with Gasteiger partial charge in [-0.2, -0.15) is 36.4 Å². The Balaban J connectivity index is 2.69. The first kappa shape index (κ1) is 22.5. The number of rotatable bonds is 5. The zero-order valence-corrected chi connectivity index (χ0v) is 15.9. The lowest BCUT2D eigenvalue weighted by Gasteiger charge is -2.13. The second-order valence-electron chi connectivity index (χ2n) is 4.93. The first-order valence-electron chi connectivity index (χ1n) is 7.15. The third-order valence-electron chi connectivity index (χ3n) is 3.09. The minimum atomic E-state index is -5.13. The SMILES string of the molecule is CCOC=Nc1c(S(=O)C(F)(F)F)cnn1-c1c(Cl)cc(C(F)(F)F)cc1Cl. The highest BCUT2D eigenvalue weighted by Crippen LogP contribution is 2.40. The minimum absolute atomic E-state index is 0.122. The quantitative estimate of drug-likeness (QED) is 0.330. The van der Waals surface area contributed by atoms with Crippen molar-refractivity contribution >= 4 is 46.2 Å². The van der Waals surface area contributed by atoms with Gasteiger partial charge in [-0.1, -0.05) is 23.2 Å². The summed E-state index contributed by atoms with van der Waals surface area (Å²) in [6, 6.07) is 1.06. The number of benzene rings is 1. The van der Waals surface area contributed by atoms with Crippen molar-refractivity contribution in [1.29, 1.82) is 0 Å². The van der Waals surface area contributed by atoms with Crippen LogP contribution in [-0.2, 0) is 21.7 Å². The van der Waals surface area contributed by atoms with E-state index in [4.69, 9.17) is 27.9 Å². The molecule has 0 radical (unpaired) electrons. The molecule has 0 spiro atoms. The van der Waals surface area contributed by atoms with Crippen molar-refractivity contribution in [3.05, 3.63) is 33.9 Å². The van der Waals surface area contributed by atoms with Crippen molar-refractivity contribution < 1.29 is 35.3 Å². The summed E-state index contributed by atoms with van der Waals surface area (Å²) in [5.74, 6) is -0.618. The summed E-state index contributed by atoms with van der Waals surface area (Å²) < 4.78 is 94.4. The second kappa shape index (κ2) is 8.29. The lowest BCUT2D eigenvalue weighted by atomic mass is 10.2. The minimum Gasteiger partial charge on any atom is -0.483 e. The number of aliphatic imine (C=N–C) groups is 1. The Morgan fingerprint density at radius 2 is 1.79 bits per heavy atom. The van der Waals surface area contributed by atoms with E-state index in [2.05, 4.69) is 10.1 Å². The van der Waals surface area contributed by atoms with E-state index in [-0.39, 0.29) is 12.3 Å². The van der Waals surface area contributed by atoms with Gasteiger partial charge in [-0.3, -0.25) is 0 Å². The number of ether oxygens (including phenoxy) is 1. The van der Waals surface area contributed by atoms with Gasteiger partial charge in [-0.25, -0.2) is 8.89 Å². The van der Waals surface area contributed by atoms with E-state index in [1.54, 1.807) is 6.92 Å². The molecule has 0 saturated heterocycles. The zero-order chi connectivity index (χ0) is 21.3. The van der Waals surface area contributed by atoms with Crippen LogP contribution in [-0.4, -0.2) is 32.5 Å². The molecular formula is C14H9Cl2F6N3O2S. The molecule has 1 aromatic carbocycles. The third-order valence-corrected chi connectivity index (χ3v) is 4.78. The Morgan fingerprint density at radius 3 is 2.25 bits per heavy atom. The maximum atomic E-state index is 12.9. The number of aromatic nitrogens is 2. The highest BCUT2D eigenvalue weighted by atomic mass is 35.5. The van der Waals surface area contributed by atoms with Gasteiger partial charge in [0.15, 0.2) is 23.0 Å². The predicted molar refractivity (Wildman–Crippen MR) is 90.8 cm³/mol. The summed E-state index contributed by atoms with van der Waals surface area (Å²) in [5, 5.41) is 2.51. The Bertz CT molecular complexity index is 904. The van der Waals surface area contributed by atoms with E-state index in [9.17, 15) is 30.6 Å². The van der Waals surface area contributed by atoms with Crippen LogP contribution in [0.25, 0.3) is 5.69 Å².